The molecule has 5 heteroatoms. The number of aliphatic hydroxyl groups is 1. The zero-order valence-corrected chi connectivity index (χ0v) is 11.2. The Kier molecular flexibility index (Phi) is 4.04. The molecule has 1 N–H and O–H groups in total. The van der Waals surface area contributed by atoms with E-state index in [4.69, 9.17) is 4.74 Å². The van der Waals surface area contributed by atoms with E-state index in [-0.39, 0.29) is 0 Å². The Labute approximate surface area is 108 Å². The minimum Gasteiger partial charge on any atom is -0.496 e. The number of thiazole rings is 1. The van der Waals surface area contributed by atoms with Crippen molar-refractivity contribution in [1.29, 1.82) is 0 Å². The first-order valence-electron chi connectivity index (χ1n) is 5.14. The summed E-state index contributed by atoms with van der Waals surface area (Å²) in [5.74, 6) is 0.710. The lowest BCUT2D eigenvalue weighted by Crippen LogP contribution is -1.98. The SMILES string of the molecule is COc1cccc(Sc2nccs2)c1C(C)O. The molecule has 3 nitrogen and oxygen atoms in total. The van der Waals surface area contributed by atoms with E-state index in [1.807, 2.05) is 23.6 Å². The maximum Gasteiger partial charge on any atom is 0.154 e. The van der Waals surface area contributed by atoms with Gasteiger partial charge in [0.1, 0.15) is 5.75 Å². The summed E-state index contributed by atoms with van der Waals surface area (Å²) in [5.41, 5.74) is 0.815. The first-order valence-corrected chi connectivity index (χ1v) is 6.84. The van der Waals surface area contributed by atoms with Gasteiger partial charge >= 0.3 is 0 Å². The Morgan fingerprint density at radius 3 is 2.88 bits per heavy atom. The second kappa shape index (κ2) is 5.53. The number of nitrogens with zero attached hydrogens (tertiary/aromatic N) is 1. The van der Waals surface area contributed by atoms with Crippen molar-refractivity contribution in [2.45, 2.75) is 22.3 Å². The Morgan fingerprint density at radius 2 is 2.29 bits per heavy atom. The average molecular weight is 267 g/mol. The largest absolute Gasteiger partial charge is 0.496 e. The lowest BCUT2D eigenvalue weighted by Gasteiger charge is -2.14. The monoisotopic (exact) mass is 267 g/mol. The number of aliphatic hydroxyl groups excluding tert-OH is 1. The number of hydrogen-bond acceptors (Lipinski definition) is 5. The van der Waals surface area contributed by atoms with Gasteiger partial charge in [0.25, 0.3) is 0 Å². The van der Waals surface area contributed by atoms with E-state index < -0.39 is 6.10 Å². The molecule has 17 heavy (non-hydrogen) atoms. The van der Waals surface area contributed by atoms with Gasteiger partial charge in [-0.05, 0) is 19.1 Å². The van der Waals surface area contributed by atoms with Crippen molar-refractivity contribution in [3.05, 3.63) is 35.3 Å². The van der Waals surface area contributed by atoms with Gasteiger partial charge in [-0.1, -0.05) is 17.8 Å². The van der Waals surface area contributed by atoms with Crippen LogP contribution >= 0.6 is 23.1 Å². The highest BCUT2D eigenvalue weighted by molar-refractivity contribution is 8.01. The molecule has 0 aliphatic rings. The summed E-state index contributed by atoms with van der Waals surface area (Å²) in [7, 11) is 1.61. The zero-order chi connectivity index (χ0) is 12.3. The van der Waals surface area contributed by atoms with E-state index >= 15 is 0 Å². The van der Waals surface area contributed by atoms with Gasteiger partial charge in [0.05, 0.1) is 13.2 Å². The molecule has 90 valence electrons. The fourth-order valence-electron chi connectivity index (χ4n) is 1.56. The van der Waals surface area contributed by atoms with Gasteiger partial charge in [0, 0.05) is 22.0 Å². The lowest BCUT2D eigenvalue weighted by atomic mass is 10.1. The summed E-state index contributed by atoms with van der Waals surface area (Å²) in [5, 5.41) is 11.8. The predicted octanol–water partition coefficient (Wildman–Crippen LogP) is 3.36. The Balaban J connectivity index is 2.39. The van der Waals surface area contributed by atoms with Crippen LogP contribution in [0.2, 0.25) is 0 Å². The molecule has 2 aromatic rings. The molecule has 1 aromatic carbocycles. The van der Waals surface area contributed by atoms with E-state index in [0.717, 1.165) is 14.8 Å². The Hall–Kier alpha value is -1.04. The molecular weight excluding hydrogens is 254 g/mol. The van der Waals surface area contributed by atoms with Crippen LogP contribution in [-0.2, 0) is 0 Å². The minimum atomic E-state index is -0.561. The van der Waals surface area contributed by atoms with Crippen molar-refractivity contribution in [2.24, 2.45) is 0 Å². The number of ether oxygens (including phenoxy) is 1. The van der Waals surface area contributed by atoms with E-state index in [0.29, 0.717) is 5.75 Å². The van der Waals surface area contributed by atoms with E-state index in [1.54, 1.807) is 43.3 Å². The van der Waals surface area contributed by atoms with Crippen molar-refractivity contribution in [2.75, 3.05) is 7.11 Å². The molecule has 0 aliphatic carbocycles. The summed E-state index contributed by atoms with van der Waals surface area (Å²) in [4.78, 5) is 5.21. The van der Waals surface area contributed by atoms with Crippen LogP contribution in [-0.4, -0.2) is 17.2 Å². The normalized spacial score (nSPS) is 12.4. The van der Waals surface area contributed by atoms with Crippen molar-refractivity contribution in [1.82, 2.24) is 4.98 Å². The number of aromatic nitrogens is 1. The second-order valence-electron chi connectivity index (χ2n) is 3.45. The second-order valence-corrected chi connectivity index (χ2v) is 5.63. The summed E-state index contributed by atoms with van der Waals surface area (Å²) >= 11 is 3.13. The Morgan fingerprint density at radius 1 is 1.47 bits per heavy atom. The van der Waals surface area contributed by atoms with Crippen molar-refractivity contribution in [3.8, 4) is 5.75 Å². The van der Waals surface area contributed by atoms with E-state index in [2.05, 4.69) is 4.98 Å². The molecule has 0 aliphatic heterocycles. The maximum atomic E-state index is 9.83. The summed E-state index contributed by atoms with van der Waals surface area (Å²) < 4.78 is 6.23. The van der Waals surface area contributed by atoms with Gasteiger partial charge < -0.3 is 9.84 Å². The van der Waals surface area contributed by atoms with E-state index in [9.17, 15) is 5.11 Å². The number of methoxy groups -OCH3 is 1. The zero-order valence-electron chi connectivity index (χ0n) is 9.58. The maximum absolute atomic E-state index is 9.83. The summed E-state index contributed by atoms with van der Waals surface area (Å²) in [6.45, 7) is 1.74. The van der Waals surface area contributed by atoms with E-state index in [1.165, 1.54) is 0 Å². The van der Waals surface area contributed by atoms with Crippen LogP contribution in [0, 0.1) is 0 Å². The van der Waals surface area contributed by atoms with Crippen LogP contribution in [0.25, 0.3) is 0 Å². The number of benzene rings is 1. The lowest BCUT2D eigenvalue weighted by molar-refractivity contribution is 0.191. The molecule has 0 amide bonds. The van der Waals surface area contributed by atoms with Crippen LogP contribution in [0.4, 0.5) is 0 Å². The molecule has 0 fully saturated rings. The highest BCUT2D eigenvalue weighted by Crippen LogP contribution is 2.38. The predicted molar refractivity (Wildman–Crippen MR) is 69.9 cm³/mol. The minimum absolute atomic E-state index is 0.561. The number of rotatable bonds is 4. The smallest absolute Gasteiger partial charge is 0.154 e. The molecule has 0 saturated heterocycles. The van der Waals surface area contributed by atoms with Crippen LogP contribution in [0.3, 0.4) is 0 Å². The summed E-state index contributed by atoms with van der Waals surface area (Å²) in [6, 6.07) is 5.74. The highest BCUT2D eigenvalue weighted by atomic mass is 32.2. The van der Waals surface area contributed by atoms with Gasteiger partial charge in [-0.3, -0.25) is 0 Å². The third-order valence-corrected chi connectivity index (χ3v) is 4.23. The third kappa shape index (κ3) is 2.80. The van der Waals surface area contributed by atoms with Crippen molar-refractivity contribution < 1.29 is 9.84 Å². The molecule has 1 heterocycles. The molecule has 1 unspecified atom stereocenters. The fourth-order valence-corrected chi connectivity index (χ4v) is 3.38. The van der Waals surface area contributed by atoms with Gasteiger partial charge in [-0.25, -0.2) is 4.98 Å². The first kappa shape index (κ1) is 12.4. The molecule has 0 bridgehead atoms. The quantitative estimate of drug-likeness (QED) is 0.922. The highest BCUT2D eigenvalue weighted by Gasteiger charge is 2.15. The van der Waals surface area contributed by atoms with Crippen molar-refractivity contribution >= 4 is 23.1 Å². The molecule has 0 saturated carbocycles. The average Bonchev–Trinajstić information content (AvgIpc) is 2.81. The molecule has 2 rings (SSSR count). The van der Waals surface area contributed by atoms with Gasteiger partial charge in [-0.15, -0.1) is 11.3 Å². The van der Waals surface area contributed by atoms with Gasteiger partial charge in [0.15, 0.2) is 4.34 Å². The van der Waals surface area contributed by atoms with Crippen LogP contribution in [0.15, 0.2) is 39.0 Å². The molecule has 1 atom stereocenters. The summed E-state index contributed by atoms with van der Waals surface area (Å²) in [6.07, 6.45) is 1.21. The molecule has 0 spiro atoms. The van der Waals surface area contributed by atoms with Crippen molar-refractivity contribution in [3.63, 3.8) is 0 Å². The standard InChI is InChI=1S/C12H13NO2S2/c1-8(14)11-9(15-2)4-3-5-10(11)17-12-13-6-7-16-12/h3-8,14H,1-2H3. The van der Waals surface area contributed by atoms with Crippen LogP contribution in [0.1, 0.15) is 18.6 Å². The van der Waals surface area contributed by atoms with Crippen LogP contribution < -0.4 is 4.74 Å². The Bertz CT molecular complexity index is 483. The molecular formula is C12H13NO2S2. The van der Waals surface area contributed by atoms with Gasteiger partial charge in [-0.2, -0.15) is 0 Å². The molecule has 0 radical (unpaired) electrons. The first-order chi connectivity index (χ1) is 8.22. The van der Waals surface area contributed by atoms with Crippen LogP contribution in [0.5, 0.6) is 5.75 Å². The number of hydrogen-bond donors (Lipinski definition) is 1. The topological polar surface area (TPSA) is 42.4 Å². The fraction of sp³-hybridized carbons (Fsp3) is 0.250. The third-order valence-electron chi connectivity index (χ3n) is 2.27. The molecule has 1 aromatic heterocycles. The van der Waals surface area contributed by atoms with Gasteiger partial charge in [0.2, 0.25) is 0 Å².